The number of nitrogens with one attached hydrogen (secondary N) is 2. The van der Waals surface area contributed by atoms with Crippen LogP contribution in [0.4, 0.5) is 17.3 Å². The summed E-state index contributed by atoms with van der Waals surface area (Å²) in [7, 11) is -3.47. The lowest BCUT2D eigenvalue weighted by molar-refractivity contribution is -0.000393. The molecular formula is C28H35N7O4S. The van der Waals surface area contributed by atoms with E-state index in [-0.39, 0.29) is 28.9 Å². The Morgan fingerprint density at radius 2 is 1.77 bits per heavy atom. The molecule has 40 heavy (non-hydrogen) atoms. The molecule has 6 rings (SSSR count). The van der Waals surface area contributed by atoms with E-state index in [1.54, 1.807) is 18.5 Å². The van der Waals surface area contributed by atoms with E-state index < -0.39 is 15.6 Å². The van der Waals surface area contributed by atoms with E-state index in [1.165, 1.54) is 12.4 Å². The van der Waals surface area contributed by atoms with Crippen LogP contribution in [0, 0.1) is 11.8 Å². The maximum Gasteiger partial charge on any atom is 0.256 e. The van der Waals surface area contributed by atoms with E-state index in [0.29, 0.717) is 41.4 Å². The Bertz CT molecular complexity index is 1520. The summed E-state index contributed by atoms with van der Waals surface area (Å²) >= 11 is 0. The van der Waals surface area contributed by atoms with Crippen molar-refractivity contribution in [1.29, 1.82) is 0 Å². The minimum Gasteiger partial charge on any atom is -0.390 e. The van der Waals surface area contributed by atoms with Crippen LogP contribution in [-0.4, -0.2) is 60.3 Å². The lowest BCUT2D eigenvalue weighted by atomic mass is 9.77. The van der Waals surface area contributed by atoms with Crippen LogP contribution in [0.2, 0.25) is 0 Å². The first-order valence-electron chi connectivity index (χ1n) is 14.0. The van der Waals surface area contributed by atoms with Gasteiger partial charge in [-0.1, -0.05) is 0 Å². The number of hydrogen-bond donors (Lipinski definition) is 3. The second-order valence-electron chi connectivity index (χ2n) is 11.8. The van der Waals surface area contributed by atoms with Crippen molar-refractivity contribution in [2.24, 2.45) is 11.8 Å². The summed E-state index contributed by atoms with van der Waals surface area (Å²) in [4.78, 5) is 26.4. The van der Waals surface area contributed by atoms with Crippen molar-refractivity contribution in [1.82, 2.24) is 24.1 Å². The number of nitrogens with zero attached hydrogens (tertiary/aromatic N) is 5. The molecule has 0 amide bonds. The summed E-state index contributed by atoms with van der Waals surface area (Å²) < 4.78 is 26.0. The monoisotopic (exact) mass is 565 g/mol. The number of pyridine rings is 1. The van der Waals surface area contributed by atoms with Crippen LogP contribution < -0.4 is 10.6 Å². The van der Waals surface area contributed by atoms with Crippen LogP contribution in [-0.2, 0) is 10.0 Å². The topological polar surface area (TPSA) is 152 Å². The van der Waals surface area contributed by atoms with Gasteiger partial charge >= 0.3 is 0 Å². The van der Waals surface area contributed by atoms with Crippen molar-refractivity contribution in [3.8, 4) is 11.4 Å². The SMILES string of the molecule is CC(C)(O)C1CCC(Nc2cc(Nc3ccnc(-c4cnn(S(=O)(=O)C5CC5)c4)n3)ncc2C(=O)C2CC2)CC1. The molecule has 0 atom stereocenters. The highest BCUT2D eigenvalue weighted by molar-refractivity contribution is 7.90. The van der Waals surface area contributed by atoms with Gasteiger partial charge in [-0.05, 0) is 77.2 Å². The minimum atomic E-state index is -3.47. The molecule has 0 aromatic carbocycles. The highest BCUT2D eigenvalue weighted by Gasteiger charge is 2.38. The van der Waals surface area contributed by atoms with Gasteiger partial charge in [-0.25, -0.2) is 23.4 Å². The molecule has 0 aliphatic heterocycles. The third-order valence-corrected chi connectivity index (χ3v) is 10.2. The molecular weight excluding hydrogens is 530 g/mol. The number of carbonyl (C=O) groups is 1. The number of aliphatic hydroxyl groups is 1. The fourth-order valence-corrected chi connectivity index (χ4v) is 6.82. The maximum absolute atomic E-state index is 13.0. The molecule has 3 aliphatic carbocycles. The van der Waals surface area contributed by atoms with Gasteiger partial charge in [0.15, 0.2) is 11.6 Å². The van der Waals surface area contributed by atoms with E-state index >= 15 is 0 Å². The van der Waals surface area contributed by atoms with Crippen molar-refractivity contribution in [2.45, 2.75) is 82.1 Å². The van der Waals surface area contributed by atoms with Crippen LogP contribution in [0.25, 0.3) is 11.4 Å². The predicted octanol–water partition coefficient (Wildman–Crippen LogP) is 4.15. The molecule has 3 aromatic rings. The number of carbonyl (C=O) groups excluding carboxylic acids is 1. The normalized spacial score (nSPS) is 21.7. The Morgan fingerprint density at radius 1 is 1.02 bits per heavy atom. The molecule has 3 saturated carbocycles. The van der Waals surface area contributed by atoms with Gasteiger partial charge in [0, 0.05) is 30.4 Å². The van der Waals surface area contributed by atoms with Gasteiger partial charge in [0.2, 0.25) is 0 Å². The Kier molecular flexibility index (Phi) is 6.86. The quantitative estimate of drug-likeness (QED) is 0.306. The molecule has 0 radical (unpaired) electrons. The number of ketones is 1. The lowest BCUT2D eigenvalue weighted by Gasteiger charge is -2.36. The van der Waals surface area contributed by atoms with Crippen molar-refractivity contribution in [3.05, 3.63) is 42.5 Å². The fraction of sp³-hybridized carbons (Fsp3) is 0.536. The molecule has 3 N–H and O–H groups in total. The maximum atomic E-state index is 13.0. The minimum absolute atomic E-state index is 0.0705. The lowest BCUT2D eigenvalue weighted by Crippen LogP contribution is -2.37. The second-order valence-corrected chi connectivity index (χ2v) is 13.9. The van der Waals surface area contributed by atoms with E-state index in [2.05, 4.69) is 30.7 Å². The van der Waals surface area contributed by atoms with E-state index in [0.717, 1.165) is 48.3 Å². The fourth-order valence-electron chi connectivity index (χ4n) is 5.35. The summed E-state index contributed by atoms with van der Waals surface area (Å²) in [5, 5.41) is 20.9. The average molecular weight is 566 g/mol. The van der Waals surface area contributed by atoms with Crippen molar-refractivity contribution >= 4 is 33.1 Å². The summed E-state index contributed by atoms with van der Waals surface area (Å²) in [6, 6.07) is 3.75. The van der Waals surface area contributed by atoms with Crippen LogP contribution in [0.5, 0.6) is 0 Å². The molecule has 11 nitrogen and oxygen atoms in total. The molecule has 3 heterocycles. The number of Topliss-reactive ketones (excluding diaryl/α,β-unsaturated/α-hetero) is 1. The Morgan fingerprint density at radius 3 is 2.45 bits per heavy atom. The highest BCUT2D eigenvalue weighted by Crippen LogP contribution is 2.37. The first-order valence-corrected chi connectivity index (χ1v) is 15.5. The zero-order valence-electron chi connectivity index (χ0n) is 22.7. The van der Waals surface area contributed by atoms with Crippen LogP contribution in [0.1, 0.15) is 75.6 Å². The van der Waals surface area contributed by atoms with Crippen molar-refractivity contribution in [2.75, 3.05) is 10.6 Å². The standard InChI is InChI=1S/C28H35N7O4S/c1-28(2,37)19-5-7-20(8-6-19)32-23-13-25(30-15-22(23)26(36)17-3-4-17)33-24-11-12-29-27(34-24)18-14-31-35(16-18)40(38,39)21-9-10-21/h11-17,19-21,37H,3-10H2,1-2H3,(H2,29,30,32,33,34). The molecule has 0 spiro atoms. The third-order valence-electron chi connectivity index (χ3n) is 8.14. The molecule has 3 aliphatic rings. The van der Waals surface area contributed by atoms with Crippen molar-refractivity contribution in [3.63, 3.8) is 0 Å². The van der Waals surface area contributed by atoms with Gasteiger partial charge in [-0.15, -0.1) is 0 Å². The Balaban J connectivity index is 1.20. The van der Waals surface area contributed by atoms with Gasteiger partial charge in [-0.3, -0.25) is 4.79 Å². The molecule has 3 aromatic heterocycles. The van der Waals surface area contributed by atoms with E-state index in [1.807, 2.05) is 19.9 Å². The average Bonchev–Trinajstić information content (AvgIpc) is 3.86. The summed E-state index contributed by atoms with van der Waals surface area (Å²) in [6.07, 6.45) is 12.9. The molecule has 0 bridgehead atoms. The molecule has 12 heteroatoms. The first kappa shape index (κ1) is 26.8. The van der Waals surface area contributed by atoms with Crippen LogP contribution >= 0.6 is 0 Å². The molecule has 0 saturated heterocycles. The van der Waals surface area contributed by atoms with Gasteiger partial charge in [0.05, 0.1) is 40.1 Å². The van der Waals surface area contributed by atoms with Gasteiger partial charge < -0.3 is 15.7 Å². The molecule has 0 unspecified atom stereocenters. The largest absolute Gasteiger partial charge is 0.390 e. The number of aromatic nitrogens is 5. The second kappa shape index (κ2) is 10.2. The first-order chi connectivity index (χ1) is 19.1. The number of anilines is 3. The number of hydrogen-bond acceptors (Lipinski definition) is 10. The predicted molar refractivity (Wildman–Crippen MR) is 151 cm³/mol. The summed E-state index contributed by atoms with van der Waals surface area (Å²) in [5.74, 6) is 1.80. The van der Waals surface area contributed by atoms with Crippen molar-refractivity contribution < 1.29 is 18.3 Å². The van der Waals surface area contributed by atoms with E-state index in [9.17, 15) is 18.3 Å². The third kappa shape index (κ3) is 5.73. The van der Waals surface area contributed by atoms with Crippen LogP contribution in [0.15, 0.2) is 36.9 Å². The number of rotatable bonds is 10. The highest BCUT2D eigenvalue weighted by atomic mass is 32.2. The summed E-state index contributed by atoms with van der Waals surface area (Å²) in [5.41, 5.74) is 1.16. The van der Waals surface area contributed by atoms with E-state index in [4.69, 9.17) is 0 Å². The zero-order valence-corrected chi connectivity index (χ0v) is 23.6. The zero-order chi connectivity index (χ0) is 28.1. The van der Waals surface area contributed by atoms with Gasteiger partial charge in [-0.2, -0.15) is 9.19 Å². The van der Waals surface area contributed by atoms with Crippen LogP contribution in [0.3, 0.4) is 0 Å². The van der Waals surface area contributed by atoms with Gasteiger partial charge in [0.25, 0.3) is 10.0 Å². The smallest absolute Gasteiger partial charge is 0.256 e. The van der Waals surface area contributed by atoms with Gasteiger partial charge in [0.1, 0.15) is 11.6 Å². The molecule has 3 fully saturated rings. The Hall–Kier alpha value is -3.38. The molecule has 212 valence electrons. The Labute approximate surface area is 233 Å². The summed E-state index contributed by atoms with van der Waals surface area (Å²) in [6.45, 7) is 3.75.